The molecule has 0 N–H and O–H groups in total. The number of Topliss-reactive ketones (excluding diaryl/α,β-unsaturated/α-hetero) is 1. The first-order valence-corrected chi connectivity index (χ1v) is 6.60. The van der Waals surface area contributed by atoms with Gasteiger partial charge in [-0.05, 0) is 24.6 Å². The van der Waals surface area contributed by atoms with Gasteiger partial charge in [0.15, 0.2) is 5.78 Å². The van der Waals surface area contributed by atoms with Crippen LogP contribution in [0.3, 0.4) is 0 Å². The van der Waals surface area contributed by atoms with Gasteiger partial charge in [0.2, 0.25) is 0 Å². The zero-order chi connectivity index (χ0) is 13.9. The van der Waals surface area contributed by atoms with E-state index in [1.165, 1.54) is 0 Å². The number of nitrogens with zero attached hydrogens (tertiary/aromatic N) is 3. The van der Waals surface area contributed by atoms with E-state index in [0.717, 1.165) is 16.6 Å². The Morgan fingerprint density at radius 1 is 1.15 bits per heavy atom. The lowest BCUT2D eigenvalue weighted by molar-refractivity contribution is 0.0978. The quantitative estimate of drug-likeness (QED) is 0.681. The molecule has 20 heavy (non-hydrogen) atoms. The lowest BCUT2D eigenvalue weighted by Crippen LogP contribution is -2.06. The van der Waals surface area contributed by atoms with Crippen LogP contribution in [0.1, 0.15) is 22.6 Å². The number of aromatic nitrogens is 3. The largest absolute Gasteiger partial charge is 0.292 e. The van der Waals surface area contributed by atoms with Crippen LogP contribution in [0, 0.1) is 0 Å². The summed E-state index contributed by atoms with van der Waals surface area (Å²) in [6.45, 7) is 0. The van der Waals surface area contributed by atoms with Crippen LogP contribution in [-0.4, -0.2) is 20.5 Å². The van der Waals surface area contributed by atoms with E-state index in [1.54, 1.807) is 16.9 Å². The van der Waals surface area contributed by atoms with E-state index in [9.17, 15) is 4.79 Å². The molecule has 0 saturated carbocycles. The molecule has 0 aliphatic carbocycles. The van der Waals surface area contributed by atoms with Crippen molar-refractivity contribution in [3.05, 3.63) is 60.0 Å². The molecule has 0 aliphatic rings. The number of hydrogen-bond acceptors (Lipinski definition) is 3. The fraction of sp³-hybridized carbons (Fsp3) is 0.188. The van der Waals surface area contributed by atoms with Crippen molar-refractivity contribution in [1.82, 2.24) is 14.8 Å². The molecule has 0 aliphatic heterocycles. The molecule has 0 fully saturated rings. The Balaban J connectivity index is 1.77. The van der Waals surface area contributed by atoms with E-state index in [4.69, 9.17) is 0 Å². The Labute approximate surface area is 117 Å². The highest BCUT2D eigenvalue weighted by molar-refractivity contribution is 5.96. The highest BCUT2D eigenvalue weighted by Gasteiger charge is 2.09. The first-order valence-electron chi connectivity index (χ1n) is 6.60. The third kappa shape index (κ3) is 2.45. The van der Waals surface area contributed by atoms with Gasteiger partial charge >= 0.3 is 0 Å². The molecule has 1 aromatic carbocycles. The first kappa shape index (κ1) is 12.5. The summed E-state index contributed by atoms with van der Waals surface area (Å²) in [4.78, 5) is 16.6. The fourth-order valence-electron chi connectivity index (χ4n) is 2.24. The van der Waals surface area contributed by atoms with Crippen LogP contribution in [0.25, 0.3) is 10.9 Å². The summed E-state index contributed by atoms with van der Waals surface area (Å²) in [5.74, 6) is 0.0666. The lowest BCUT2D eigenvalue weighted by atomic mass is 10.1. The van der Waals surface area contributed by atoms with Crippen LogP contribution in [0.2, 0.25) is 0 Å². The summed E-state index contributed by atoms with van der Waals surface area (Å²) < 4.78 is 1.79. The summed E-state index contributed by atoms with van der Waals surface area (Å²) in [5.41, 5.74) is 2.45. The van der Waals surface area contributed by atoms with Gasteiger partial charge in [0.25, 0.3) is 0 Å². The minimum atomic E-state index is 0.0666. The number of carbonyl (C=O) groups excluding carboxylic acids is 1. The predicted octanol–water partition coefficient (Wildman–Crippen LogP) is 2.78. The molecule has 0 amide bonds. The normalized spacial score (nSPS) is 10.8. The van der Waals surface area contributed by atoms with Gasteiger partial charge in [-0.2, -0.15) is 5.10 Å². The Bertz CT molecular complexity index is 761. The molecule has 4 heteroatoms. The Morgan fingerprint density at radius 3 is 2.80 bits per heavy atom. The van der Waals surface area contributed by atoms with Crippen molar-refractivity contribution in [3.8, 4) is 0 Å². The molecule has 2 aromatic heterocycles. The van der Waals surface area contributed by atoms with Crippen molar-refractivity contribution in [2.24, 2.45) is 7.05 Å². The smallest absolute Gasteiger partial charge is 0.181 e. The van der Waals surface area contributed by atoms with E-state index < -0.39 is 0 Å². The Hall–Kier alpha value is -2.49. The predicted molar refractivity (Wildman–Crippen MR) is 77.6 cm³/mol. The van der Waals surface area contributed by atoms with Crippen molar-refractivity contribution < 1.29 is 4.79 Å². The molecule has 0 bridgehead atoms. The van der Waals surface area contributed by atoms with Crippen molar-refractivity contribution in [2.75, 3.05) is 0 Å². The van der Waals surface area contributed by atoms with E-state index in [0.29, 0.717) is 18.5 Å². The van der Waals surface area contributed by atoms with Gasteiger partial charge in [-0.3, -0.25) is 9.48 Å². The SMILES string of the molecule is Cn1nccc1CCC(=O)c1ccc2ccccc2n1. The summed E-state index contributed by atoms with van der Waals surface area (Å²) in [7, 11) is 1.88. The number of carbonyl (C=O) groups is 1. The Kier molecular flexibility index (Phi) is 3.29. The molecule has 3 rings (SSSR count). The van der Waals surface area contributed by atoms with E-state index in [2.05, 4.69) is 10.1 Å². The fourth-order valence-corrected chi connectivity index (χ4v) is 2.24. The topological polar surface area (TPSA) is 47.8 Å². The van der Waals surface area contributed by atoms with E-state index in [1.807, 2.05) is 43.4 Å². The maximum absolute atomic E-state index is 12.2. The number of pyridine rings is 1. The van der Waals surface area contributed by atoms with Crippen molar-refractivity contribution in [2.45, 2.75) is 12.8 Å². The van der Waals surface area contributed by atoms with Crippen LogP contribution in [0.15, 0.2) is 48.7 Å². The molecular formula is C16H15N3O. The standard InChI is InChI=1S/C16H15N3O/c1-19-13(10-11-17-19)7-9-16(20)15-8-6-12-4-2-3-5-14(12)18-15/h2-6,8,10-11H,7,9H2,1H3. The maximum atomic E-state index is 12.2. The van der Waals surface area contributed by atoms with Crippen LogP contribution in [0.5, 0.6) is 0 Å². The third-order valence-corrected chi connectivity index (χ3v) is 3.41. The van der Waals surface area contributed by atoms with Gasteiger partial charge in [0.05, 0.1) is 5.52 Å². The molecule has 0 spiro atoms. The average molecular weight is 265 g/mol. The molecule has 3 aromatic rings. The number of ketones is 1. The lowest BCUT2D eigenvalue weighted by Gasteiger charge is -2.03. The van der Waals surface area contributed by atoms with Crippen LogP contribution < -0.4 is 0 Å². The highest BCUT2D eigenvalue weighted by atomic mass is 16.1. The number of para-hydroxylation sites is 1. The summed E-state index contributed by atoms with van der Waals surface area (Å²) in [5, 5.41) is 5.15. The van der Waals surface area contributed by atoms with Crippen LogP contribution >= 0.6 is 0 Å². The van der Waals surface area contributed by atoms with Gasteiger partial charge in [0.1, 0.15) is 5.69 Å². The van der Waals surface area contributed by atoms with Crippen molar-refractivity contribution >= 4 is 16.7 Å². The van der Waals surface area contributed by atoms with Gasteiger partial charge in [-0.1, -0.05) is 24.3 Å². The minimum absolute atomic E-state index is 0.0666. The number of rotatable bonds is 4. The average Bonchev–Trinajstić information content (AvgIpc) is 2.89. The van der Waals surface area contributed by atoms with Gasteiger partial charge in [-0.25, -0.2) is 4.98 Å². The second kappa shape index (κ2) is 5.25. The third-order valence-electron chi connectivity index (χ3n) is 3.41. The maximum Gasteiger partial charge on any atom is 0.181 e. The monoisotopic (exact) mass is 265 g/mol. The second-order valence-corrected chi connectivity index (χ2v) is 4.76. The van der Waals surface area contributed by atoms with Crippen molar-refractivity contribution in [1.29, 1.82) is 0 Å². The molecule has 0 saturated heterocycles. The van der Waals surface area contributed by atoms with Crippen LogP contribution in [0.4, 0.5) is 0 Å². The summed E-state index contributed by atoms with van der Waals surface area (Å²) >= 11 is 0. The molecular weight excluding hydrogens is 250 g/mol. The van der Waals surface area contributed by atoms with Gasteiger partial charge < -0.3 is 0 Å². The highest BCUT2D eigenvalue weighted by Crippen LogP contribution is 2.13. The summed E-state index contributed by atoms with van der Waals surface area (Å²) in [6, 6.07) is 13.5. The molecule has 4 nitrogen and oxygen atoms in total. The molecule has 0 unspecified atom stereocenters. The summed E-state index contributed by atoms with van der Waals surface area (Å²) in [6.07, 6.45) is 2.88. The minimum Gasteiger partial charge on any atom is -0.292 e. The molecule has 2 heterocycles. The molecule has 100 valence electrons. The van der Waals surface area contributed by atoms with Crippen molar-refractivity contribution in [3.63, 3.8) is 0 Å². The Morgan fingerprint density at radius 2 is 2.00 bits per heavy atom. The first-order chi connectivity index (χ1) is 9.74. The van der Waals surface area contributed by atoms with Gasteiger partial charge in [-0.15, -0.1) is 0 Å². The van der Waals surface area contributed by atoms with Crippen LogP contribution in [-0.2, 0) is 13.5 Å². The molecule has 0 atom stereocenters. The number of fused-ring (bicyclic) bond motifs is 1. The number of benzene rings is 1. The second-order valence-electron chi connectivity index (χ2n) is 4.76. The number of hydrogen-bond donors (Lipinski definition) is 0. The zero-order valence-corrected chi connectivity index (χ0v) is 11.3. The number of aryl methyl sites for hydroxylation is 2. The zero-order valence-electron chi connectivity index (χ0n) is 11.3. The van der Waals surface area contributed by atoms with E-state index >= 15 is 0 Å². The van der Waals surface area contributed by atoms with Gasteiger partial charge in [0, 0.05) is 30.7 Å². The van der Waals surface area contributed by atoms with E-state index in [-0.39, 0.29) is 5.78 Å². The molecule has 0 radical (unpaired) electrons.